The number of nitrogens with zero attached hydrogens (tertiary/aromatic N) is 2. The van der Waals surface area contributed by atoms with E-state index in [2.05, 4.69) is 15.0 Å². The Kier molecular flexibility index (Phi) is 4.68. The number of imidazole rings is 1. The largest absolute Gasteiger partial charge is 0.346 e. The van der Waals surface area contributed by atoms with Crippen molar-refractivity contribution in [2.75, 3.05) is 4.72 Å². The monoisotopic (exact) mass is 418 g/mol. The van der Waals surface area contributed by atoms with Crippen molar-refractivity contribution >= 4 is 49.3 Å². The standard InChI is InChI=1S/C17H14N4O3S3/c22-16(18-10-14-11-21-6-8-26-17(21)19-14)12-3-1-4-13(9-12)20-27(23,24)15-5-2-7-25-15/h1-9,11,20H,10H2,(H,18,22). The summed E-state index contributed by atoms with van der Waals surface area (Å²) in [6.45, 7) is 0.290. The molecule has 138 valence electrons. The highest BCUT2D eigenvalue weighted by atomic mass is 32.2. The molecule has 3 heterocycles. The Balaban J connectivity index is 1.45. The highest BCUT2D eigenvalue weighted by Crippen LogP contribution is 2.21. The summed E-state index contributed by atoms with van der Waals surface area (Å²) in [4.78, 5) is 17.7. The number of aromatic nitrogens is 2. The number of thiazole rings is 1. The minimum absolute atomic E-state index is 0.220. The molecule has 0 radical (unpaired) electrons. The Morgan fingerprint density at radius 1 is 1.15 bits per heavy atom. The lowest BCUT2D eigenvalue weighted by Crippen LogP contribution is -2.23. The van der Waals surface area contributed by atoms with Crippen molar-refractivity contribution in [2.24, 2.45) is 0 Å². The third-order valence-electron chi connectivity index (χ3n) is 3.71. The van der Waals surface area contributed by atoms with Crippen molar-refractivity contribution in [3.05, 3.63) is 70.8 Å². The van der Waals surface area contributed by atoms with Gasteiger partial charge in [0.1, 0.15) is 4.21 Å². The van der Waals surface area contributed by atoms with Crippen molar-refractivity contribution in [2.45, 2.75) is 10.8 Å². The van der Waals surface area contributed by atoms with E-state index < -0.39 is 10.0 Å². The first kappa shape index (κ1) is 17.7. The van der Waals surface area contributed by atoms with Gasteiger partial charge in [-0.25, -0.2) is 13.4 Å². The lowest BCUT2D eigenvalue weighted by molar-refractivity contribution is 0.0950. The van der Waals surface area contributed by atoms with Gasteiger partial charge in [0.2, 0.25) is 0 Å². The fourth-order valence-corrected chi connectivity index (χ4v) is 5.24. The van der Waals surface area contributed by atoms with Gasteiger partial charge in [0.15, 0.2) is 4.96 Å². The number of hydrogen-bond donors (Lipinski definition) is 2. The van der Waals surface area contributed by atoms with Crippen LogP contribution in [0, 0.1) is 0 Å². The molecule has 27 heavy (non-hydrogen) atoms. The van der Waals surface area contributed by atoms with E-state index in [0.29, 0.717) is 17.8 Å². The summed E-state index contributed by atoms with van der Waals surface area (Å²) in [7, 11) is -3.65. The number of carbonyl (C=O) groups is 1. The molecule has 4 aromatic rings. The van der Waals surface area contributed by atoms with E-state index in [0.717, 1.165) is 22.0 Å². The number of anilines is 1. The quantitative estimate of drug-likeness (QED) is 0.503. The van der Waals surface area contributed by atoms with Crippen LogP contribution in [0.15, 0.2) is 63.8 Å². The molecular weight excluding hydrogens is 404 g/mol. The highest BCUT2D eigenvalue weighted by molar-refractivity contribution is 7.94. The molecule has 0 unspecified atom stereocenters. The van der Waals surface area contributed by atoms with Gasteiger partial charge < -0.3 is 5.32 Å². The first-order chi connectivity index (χ1) is 13.0. The van der Waals surface area contributed by atoms with Gasteiger partial charge in [-0.1, -0.05) is 12.1 Å². The molecule has 2 N–H and O–H groups in total. The molecule has 0 saturated carbocycles. The smallest absolute Gasteiger partial charge is 0.271 e. The maximum absolute atomic E-state index is 12.4. The van der Waals surface area contributed by atoms with E-state index in [1.54, 1.807) is 29.6 Å². The average molecular weight is 419 g/mol. The number of hydrogen-bond acceptors (Lipinski definition) is 6. The van der Waals surface area contributed by atoms with Crippen molar-refractivity contribution in [3.8, 4) is 0 Å². The Morgan fingerprint density at radius 3 is 2.81 bits per heavy atom. The third kappa shape index (κ3) is 3.87. The van der Waals surface area contributed by atoms with Crippen LogP contribution in [0.25, 0.3) is 4.96 Å². The number of thiophene rings is 1. The summed E-state index contributed by atoms with van der Waals surface area (Å²) < 4.78 is 29.2. The first-order valence-corrected chi connectivity index (χ1v) is 11.1. The first-order valence-electron chi connectivity index (χ1n) is 7.87. The number of amides is 1. The molecule has 0 fully saturated rings. The fraction of sp³-hybridized carbons (Fsp3) is 0.0588. The number of benzene rings is 1. The van der Waals surface area contributed by atoms with Gasteiger partial charge in [0.05, 0.1) is 12.2 Å². The zero-order chi connectivity index (χ0) is 18.9. The molecule has 0 saturated heterocycles. The van der Waals surface area contributed by atoms with Crippen LogP contribution in [0.1, 0.15) is 16.1 Å². The lowest BCUT2D eigenvalue weighted by atomic mass is 10.2. The topological polar surface area (TPSA) is 92.6 Å². The number of carbonyl (C=O) groups excluding carboxylic acids is 1. The Morgan fingerprint density at radius 2 is 2.04 bits per heavy atom. The van der Waals surface area contributed by atoms with Crippen LogP contribution in [0.5, 0.6) is 0 Å². The van der Waals surface area contributed by atoms with E-state index in [4.69, 9.17) is 0 Å². The summed E-state index contributed by atoms with van der Waals surface area (Å²) in [6, 6.07) is 9.57. The van der Waals surface area contributed by atoms with Crippen molar-refractivity contribution in [3.63, 3.8) is 0 Å². The highest BCUT2D eigenvalue weighted by Gasteiger charge is 2.16. The van der Waals surface area contributed by atoms with Gasteiger partial charge in [-0.2, -0.15) is 0 Å². The van der Waals surface area contributed by atoms with Crippen molar-refractivity contribution in [1.82, 2.24) is 14.7 Å². The molecule has 0 atom stereocenters. The van der Waals surface area contributed by atoms with E-state index in [-0.39, 0.29) is 10.1 Å². The minimum atomic E-state index is -3.65. The Hall–Kier alpha value is -2.69. The molecule has 1 amide bonds. The third-order valence-corrected chi connectivity index (χ3v) is 7.26. The van der Waals surface area contributed by atoms with Gasteiger partial charge in [-0.15, -0.1) is 22.7 Å². The molecule has 0 spiro atoms. The normalized spacial score (nSPS) is 11.6. The lowest BCUT2D eigenvalue weighted by Gasteiger charge is -2.08. The average Bonchev–Trinajstić information content (AvgIpc) is 3.36. The van der Waals surface area contributed by atoms with E-state index >= 15 is 0 Å². The second-order valence-electron chi connectivity index (χ2n) is 5.63. The number of fused-ring (bicyclic) bond motifs is 1. The summed E-state index contributed by atoms with van der Waals surface area (Å²) >= 11 is 2.65. The molecule has 0 aliphatic rings. The molecule has 7 nitrogen and oxygen atoms in total. The van der Waals surface area contributed by atoms with Crippen LogP contribution < -0.4 is 10.0 Å². The van der Waals surface area contributed by atoms with Crippen molar-refractivity contribution in [1.29, 1.82) is 0 Å². The fourth-order valence-electron chi connectivity index (χ4n) is 2.48. The molecule has 0 aliphatic carbocycles. The van der Waals surface area contributed by atoms with Crippen molar-refractivity contribution < 1.29 is 13.2 Å². The van der Waals surface area contributed by atoms with E-state index in [9.17, 15) is 13.2 Å². The van der Waals surface area contributed by atoms with Crippen LogP contribution in [0.3, 0.4) is 0 Å². The zero-order valence-electron chi connectivity index (χ0n) is 13.8. The summed E-state index contributed by atoms with van der Waals surface area (Å²) in [5, 5.41) is 6.43. The Labute approximate surface area is 163 Å². The SMILES string of the molecule is O=C(NCc1cn2ccsc2n1)c1cccc(NS(=O)(=O)c2cccs2)c1. The van der Waals surface area contributed by atoms with Gasteiger partial charge >= 0.3 is 0 Å². The summed E-state index contributed by atoms with van der Waals surface area (Å²) in [5.41, 5.74) is 1.45. The van der Waals surface area contributed by atoms with E-state index in [1.165, 1.54) is 23.5 Å². The summed E-state index contributed by atoms with van der Waals surface area (Å²) in [6.07, 6.45) is 3.76. The molecular formula is C17H14N4O3S3. The van der Waals surface area contributed by atoms with Gasteiger partial charge in [-0.05, 0) is 29.6 Å². The van der Waals surface area contributed by atoms with Crippen LogP contribution >= 0.6 is 22.7 Å². The second-order valence-corrected chi connectivity index (χ2v) is 9.36. The molecule has 4 rings (SSSR count). The van der Waals surface area contributed by atoms with Crippen LogP contribution in [0.2, 0.25) is 0 Å². The molecule has 0 aliphatic heterocycles. The van der Waals surface area contributed by atoms with Crippen LogP contribution in [-0.4, -0.2) is 23.7 Å². The van der Waals surface area contributed by atoms with E-state index in [1.807, 2.05) is 22.2 Å². The van der Waals surface area contributed by atoms with Gasteiger partial charge in [-0.3, -0.25) is 13.9 Å². The van der Waals surface area contributed by atoms with Crippen LogP contribution in [0.4, 0.5) is 5.69 Å². The van der Waals surface area contributed by atoms with Gasteiger partial charge in [0, 0.05) is 29.0 Å². The van der Waals surface area contributed by atoms with Crippen LogP contribution in [-0.2, 0) is 16.6 Å². The predicted octanol–water partition coefficient (Wildman–Crippen LogP) is 3.19. The molecule has 1 aromatic carbocycles. The van der Waals surface area contributed by atoms with Gasteiger partial charge in [0.25, 0.3) is 15.9 Å². The number of sulfonamides is 1. The molecule has 3 aromatic heterocycles. The zero-order valence-corrected chi connectivity index (χ0v) is 16.3. The Bertz CT molecular complexity index is 1160. The maximum atomic E-state index is 12.4. The second kappa shape index (κ2) is 7.14. The summed E-state index contributed by atoms with van der Waals surface area (Å²) in [5.74, 6) is -0.302. The minimum Gasteiger partial charge on any atom is -0.346 e. The number of nitrogens with one attached hydrogen (secondary N) is 2. The predicted molar refractivity (Wildman–Crippen MR) is 106 cm³/mol. The number of rotatable bonds is 6. The molecule has 0 bridgehead atoms. The molecule has 10 heteroatoms. The maximum Gasteiger partial charge on any atom is 0.271 e.